The lowest BCUT2D eigenvalue weighted by Gasteiger charge is -2.18. The van der Waals surface area contributed by atoms with Crippen LogP contribution in [-0.2, 0) is 0 Å². The zero-order chi connectivity index (χ0) is 40.3. The highest BCUT2D eigenvalue weighted by atomic mass is 15.0. The molecule has 4 nitrogen and oxygen atoms in total. The molecule has 0 radical (unpaired) electrons. The van der Waals surface area contributed by atoms with Crippen molar-refractivity contribution in [1.82, 2.24) is 19.5 Å². The van der Waals surface area contributed by atoms with Gasteiger partial charge in [-0.2, -0.15) is 0 Å². The van der Waals surface area contributed by atoms with Crippen molar-refractivity contribution >= 4 is 54.1 Å². The number of benzene rings is 10. The Morgan fingerprint density at radius 1 is 0.262 bits per heavy atom. The Balaban J connectivity index is 1.07. The Bertz CT molecular complexity index is 3530. The molecule has 284 valence electrons. The standard InChI is InChI=1S/C57H36N4/c1-3-17-37(18-4-1)55-58-56(38-19-5-2-6-20-38)60-57(59-55)42-24-16-22-40(34-42)39-21-15-23-41(33-39)50-35-43(61-52-31-13-11-28-47(52)48-29-12-14-32-53(48)61)36-51-46-27-8-7-25-44(46)45-26-9-10-30-49(45)54(50)51/h1-36H. The molecule has 10 aromatic carbocycles. The molecule has 12 aromatic rings. The van der Waals surface area contributed by atoms with E-state index in [-0.39, 0.29) is 0 Å². The van der Waals surface area contributed by atoms with Gasteiger partial charge in [0.05, 0.1) is 11.0 Å². The van der Waals surface area contributed by atoms with E-state index >= 15 is 0 Å². The molecule has 0 atom stereocenters. The van der Waals surface area contributed by atoms with E-state index in [1.54, 1.807) is 0 Å². The third kappa shape index (κ3) is 5.88. The fourth-order valence-electron chi connectivity index (χ4n) is 9.22. The van der Waals surface area contributed by atoms with Crippen LogP contribution >= 0.6 is 0 Å². The number of para-hydroxylation sites is 2. The number of fused-ring (bicyclic) bond motifs is 9. The molecular weight excluding hydrogens is 741 g/mol. The monoisotopic (exact) mass is 776 g/mol. The minimum atomic E-state index is 0.633. The fourth-order valence-corrected chi connectivity index (χ4v) is 9.22. The third-order valence-corrected chi connectivity index (χ3v) is 12.0. The topological polar surface area (TPSA) is 43.6 Å². The second-order valence-electron chi connectivity index (χ2n) is 15.6. The van der Waals surface area contributed by atoms with Crippen LogP contribution in [0.25, 0.3) is 116 Å². The van der Waals surface area contributed by atoms with E-state index in [4.69, 9.17) is 15.0 Å². The Hall–Kier alpha value is -8.21. The van der Waals surface area contributed by atoms with Gasteiger partial charge in [0.2, 0.25) is 0 Å². The quantitative estimate of drug-likeness (QED) is 0.158. The SMILES string of the molecule is c1ccc(-c2nc(-c3ccccc3)nc(-c3cccc(-c4cccc(-c5cc(-n6c7ccccc7c7ccccc76)cc6c7ccccc7c7ccccc7c56)c4)c3)n2)cc1. The molecule has 0 aliphatic rings. The van der Waals surface area contributed by atoms with Gasteiger partial charge in [0, 0.05) is 33.2 Å². The molecule has 4 heteroatoms. The summed E-state index contributed by atoms with van der Waals surface area (Å²) in [6.45, 7) is 0. The average Bonchev–Trinajstić information content (AvgIpc) is 3.68. The summed E-state index contributed by atoms with van der Waals surface area (Å²) < 4.78 is 2.44. The van der Waals surface area contributed by atoms with Crippen molar-refractivity contribution in [3.8, 4) is 62.1 Å². The second-order valence-corrected chi connectivity index (χ2v) is 15.6. The predicted molar refractivity (Wildman–Crippen MR) is 254 cm³/mol. The van der Waals surface area contributed by atoms with Crippen LogP contribution in [0.2, 0.25) is 0 Å². The van der Waals surface area contributed by atoms with Crippen LogP contribution in [0, 0.1) is 0 Å². The van der Waals surface area contributed by atoms with E-state index in [0.717, 1.165) is 39.1 Å². The van der Waals surface area contributed by atoms with Gasteiger partial charge in [-0.05, 0) is 91.0 Å². The summed E-state index contributed by atoms with van der Waals surface area (Å²) in [4.78, 5) is 15.0. The summed E-state index contributed by atoms with van der Waals surface area (Å²) in [5.41, 5.74) is 10.9. The van der Waals surface area contributed by atoms with Crippen LogP contribution < -0.4 is 0 Å². The highest BCUT2D eigenvalue weighted by Gasteiger charge is 2.19. The van der Waals surface area contributed by atoms with Gasteiger partial charge in [0.1, 0.15) is 0 Å². The first-order chi connectivity index (χ1) is 30.2. The normalized spacial score (nSPS) is 11.6. The van der Waals surface area contributed by atoms with Crippen molar-refractivity contribution in [3.05, 3.63) is 218 Å². The van der Waals surface area contributed by atoms with Crippen LogP contribution in [0.4, 0.5) is 0 Å². The molecule has 0 bridgehead atoms. The van der Waals surface area contributed by atoms with Gasteiger partial charge in [-0.1, -0.05) is 182 Å². The van der Waals surface area contributed by atoms with E-state index in [9.17, 15) is 0 Å². The molecule has 0 aliphatic carbocycles. The van der Waals surface area contributed by atoms with E-state index < -0.39 is 0 Å². The summed E-state index contributed by atoms with van der Waals surface area (Å²) in [5.74, 6) is 1.92. The molecule has 2 heterocycles. The lowest BCUT2D eigenvalue weighted by atomic mass is 9.88. The molecule has 0 aliphatic heterocycles. The number of hydrogen-bond donors (Lipinski definition) is 0. The lowest BCUT2D eigenvalue weighted by Crippen LogP contribution is -2.00. The van der Waals surface area contributed by atoms with E-state index in [1.807, 2.05) is 60.7 Å². The Kier molecular flexibility index (Phi) is 8.13. The molecule has 0 saturated carbocycles. The highest BCUT2D eigenvalue weighted by Crippen LogP contribution is 2.44. The molecular formula is C57H36N4. The fraction of sp³-hybridized carbons (Fsp3) is 0. The Labute approximate surface area is 352 Å². The van der Waals surface area contributed by atoms with Crippen molar-refractivity contribution in [2.24, 2.45) is 0 Å². The number of hydrogen-bond acceptors (Lipinski definition) is 3. The molecule has 0 fully saturated rings. The molecule has 0 saturated heterocycles. The minimum Gasteiger partial charge on any atom is -0.309 e. The van der Waals surface area contributed by atoms with Crippen molar-refractivity contribution in [2.75, 3.05) is 0 Å². The van der Waals surface area contributed by atoms with Crippen molar-refractivity contribution in [1.29, 1.82) is 0 Å². The minimum absolute atomic E-state index is 0.633. The maximum Gasteiger partial charge on any atom is 0.164 e. The van der Waals surface area contributed by atoms with Crippen LogP contribution in [0.15, 0.2) is 218 Å². The Morgan fingerprint density at radius 2 is 0.656 bits per heavy atom. The van der Waals surface area contributed by atoms with Crippen LogP contribution in [0.3, 0.4) is 0 Å². The van der Waals surface area contributed by atoms with Gasteiger partial charge in [0.25, 0.3) is 0 Å². The molecule has 0 amide bonds. The smallest absolute Gasteiger partial charge is 0.164 e. The molecule has 61 heavy (non-hydrogen) atoms. The first kappa shape index (κ1) is 34.8. The summed E-state index contributed by atoms with van der Waals surface area (Å²) in [5, 5.41) is 9.96. The maximum absolute atomic E-state index is 5.04. The van der Waals surface area contributed by atoms with E-state index in [2.05, 4.69) is 162 Å². The van der Waals surface area contributed by atoms with E-state index in [0.29, 0.717) is 17.5 Å². The lowest BCUT2D eigenvalue weighted by molar-refractivity contribution is 1.07. The largest absolute Gasteiger partial charge is 0.309 e. The molecule has 2 aromatic heterocycles. The highest BCUT2D eigenvalue weighted by molar-refractivity contribution is 6.29. The van der Waals surface area contributed by atoms with Gasteiger partial charge in [0.15, 0.2) is 17.5 Å². The number of aromatic nitrogens is 4. The first-order valence-corrected chi connectivity index (χ1v) is 20.7. The third-order valence-electron chi connectivity index (χ3n) is 12.0. The predicted octanol–water partition coefficient (Wildman–Crippen LogP) is 14.8. The van der Waals surface area contributed by atoms with Crippen LogP contribution in [0.5, 0.6) is 0 Å². The molecule has 12 rings (SSSR count). The maximum atomic E-state index is 5.04. The summed E-state index contributed by atoms with van der Waals surface area (Å²) in [6.07, 6.45) is 0. The van der Waals surface area contributed by atoms with Gasteiger partial charge in [-0.3, -0.25) is 0 Å². The molecule has 0 unspecified atom stereocenters. The summed E-state index contributed by atoms with van der Waals surface area (Å²) in [7, 11) is 0. The van der Waals surface area contributed by atoms with Gasteiger partial charge in [-0.15, -0.1) is 0 Å². The summed E-state index contributed by atoms with van der Waals surface area (Å²) >= 11 is 0. The zero-order valence-corrected chi connectivity index (χ0v) is 33.1. The van der Waals surface area contributed by atoms with Gasteiger partial charge < -0.3 is 4.57 Å². The number of nitrogens with zero attached hydrogens (tertiary/aromatic N) is 4. The van der Waals surface area contributed by atoms with Crippen molar-refractivity contribution in [3.63, 3.8) is 0 Å². The number of rotatable bonds is 6. The second kappa shape index (κ2) is 14.3. The summed E-state index contributed by atoms with van der Waals surface area (Å²) in [6, 6.07) is 77.8. The van der Waals surface area contributed by atoms with Gasteiger partial charge >= 0.3 is 0 Å². The van der Waals surface area contributed by atoms with Crippen molar-refractivity contribution in [2.45, 2.75) is 0 Å². The molecule has 0 spiro atoms. The van der Waals surface area contributed by atoms with Crippen LogP contribution in [0.1, 0.15) is 0 Å². The Morgan fingerprint density at radius 3 is 1.23 bits per heavy atom. The zero-order valence-electron chi connectivity index (χ0n) is 33.1. The van der Waals surface area contributed by atoms with Crippen LogP contribution in [-0.4, -0.2) is 19.5 Å². The van der Waals surface area contributed by atoms with Crippen molar-refractivity contribution < 1.29 is 0 Å². The average molecular weight is 777 g/mol. The molecule has 0 N–H and O–H groups in total. The van der Waals surface area contributed by atoms with E-state index in [1.165, 1.54) is 59.7 Å². The first-order valence-electron chi connectivity index (χ1n) is 20.7. The van der Waals surface area contributed by atoms with Gasteiger partial charge in [-0.25, -0.2) is 15.0 Å².